The summed E-state index contributed by atoms with van der Waals surface area (Å²) in [5.41, 5.74) is 6.73. The number of hydrogen-bond acceptors (Lipinski definition) is 3. The van der Waals surface area contributed by atoms with Gasteiger partial charge in [0.25, 0.3) is 0 Å². The molecule has 0 saturated heterocycles. The van der Waals surface area contributed by atoms with Crippen molar-refractivity contribution in [3.63, 3.8) is 0 Å². The average Bonchev–Trinajstić information content (AvgIpc) is 2.81. The minimum atomic E-state index is -0.263. The van der Waals surface area contributed by atoms with E-state index in [2.05, 4.69) is 76.8 Å². The van der Waals surface area contributed by atoms with Crippen LogP contribution in [-0.2, 0) is 14.2 Å². The lowest BCUT2D eigenvalue weighted by Gasteiger charge is -2.32. The average molecular weight is 495 g/mol. The molecule has 1 unspecified atom stereocenters. The summed E-state index contributed by atoms with van der Waals surface area (Å²) in [6.45, 7) is 21.1. The summed E-state index contributed by atoms with van der Waals surface area (Å²) in [7, 11) is 0. The fourth-order valence-electron chi connectivity index (χ4n) is 4.40. The summed E-state index contributed by atoms with van der Waals surface area (Å²) in [5.74, 6) is 6.28. The molecule has 1 aliphatic rings. The molecule has 3 heteroatoms. The summed E-state index contributed by atoms with van der Waals surface area (Å²) in [4.78, 5) is 0. The molecule has 0 saturated carbocycles. The highest BCUT2D eigenvalue weighted by Crippen LogP contribution is 2.40. The second-order valence-electron chi connectivity index (χ2n) is 10.1. The lowest BCUT2D eigenvalue weighted by Crippen LogP contribution is -2.26. The number of allylic oxidation sites excluding steroid dienone is 11. The first-order valence-corrected chi connectivity index (χ1v) is 13.6. The van der Waals surface area contributed by atoms with Gasteiger partial charge in [0.05, 0.1) is 6.10 Å². The van der Waals surface area contributed by atoms with Gasteiger partial charge in [0, 0.05) is 26.2 Å². The molecular formula is C33H50O3. The van der Waals surface area contributed by atoms with Gasteiger partial charge in [-0.25, -0.2) is 0 Å². The van der Waals surface area contributed by atoms with Crippen molar-refractivity contribution in [2.75, 3.05) is 19.8 Å². The van der Waals surface area contributed by atoms with Crippen LogP contribution in [0, 0.1) is 17.3 Å². The first-order valence-electron chi connectivity index (χ1n) is 13.6. The van der Waals surface area contributed by atoms with Crippen molar-refractivity contribution in [3.05, 3.63) is 70.4 Å². The molecule has 0 fully saturated rings. The molecule has 0 radical (unpaired) electrons. The SMILES string of the molecule is CCOC(CC(OCC)C(C)=CC#CC=C(C)C=CC=C(C)C=CC1=C(C)CCCC1(C)C)OCC. The van der Waals surface area contributed by atoms with Gasteiger partial charge in [-0.2, -0.15) is 0 Å². The predicted octanol–water partition coefficient (Wildman–Crippen LogP) is 8.66. The number of ether oxygens (including phenoxy) is 3. The number of hydrogen-bond donors (Lipinski definition) is 0. The molecule has 1 atom stereocenters. The van der Waals surface area contributed by atoms with E-state index in [1.54, 1.807) is 0 Å². The highest BCUT2D eigenvalue weighted by atomic mass is 16.7. The summed E-state index contributed by atoms with van der Waals surface area (Å²) in [6.07, 6.45) is 18.9. The second-order valence-corrected chi connectivity index (χ2v) is 10.1. The van der Waals surface area contributed by atoms with Crippen molar-refractivity contribution in [3.8, 4) is 11.8 Å². The fraction of sp³-hybridized carbons (Fsp3) is 0.576. The Morgan fingerprint density at radius 1 is 0.917 bits per heavy atom. The van der Waals surface area contributed by atoms with E-state index in [1.165, 1.54) is 36.0 Å². The molecule has 3 nitrogen and oxygen atoms in total. The topological polar surface area (TPSA) is 27.7 Å². The molecule has 0 amide bonds. The maximum Gasteiger partial charge on any atom is 0.160 e. The van der Waals surface area contributed by atoms with Crippen LogP contribution >= 0.6 is 0 Å². The summed E-state index contributed by atoms with van der Waals surface area (Å²) in [6, 6.07) is 0. The van der Waals surface area contributed by atoms with E-state index in [1.807, 2.05) is 39.8 Å². The second kappa shape index (κ2) is 17.4. The molecule has 0 spiro atoms. The zero-order valence-corrected chi connectivity index (χ0v) is 24.4. The molecule has 1 rings (SSSR count). The molecule has 36 heavy (non-hydrogen) atoms. The van der Waals surface area contributed by atoms with E-state index in [0.717, 1.165) is 11.1 Å². The first kappa shape index (κ1) is 31.9. The minimum Gasteiger partial charge on any atom is -0.374 e. The summed E-state index contributed by atoms with van der Waals surface area (Å²) in [5, 5.41) is 0. The van der Waals surface area contributed by atoms with Crippen LogP contribution in [-0.4, -0.2) is 32.2 Å². The highest BCUT2D eigenvalue weighted by molar-refractivity contribution is 5.38. The zero-order chi connectivity index (χ0) is 27.0. The molecular weight excluding hydrogens is 444 g/mol. The van der Waals surface area contributed by atoms with Crippen molar-refractivity contribution in [2.45, 2.75) is 100 Å². The van der Waals surface area contributed by atoms with Crippen LogP contribution in [0.15, 0.2) is 70.4 Å². The Balaban J connectivity index is 2.76. The molecule has 0 heterocycles. The lowest BCUT2D eigenvalue weighted by molar-refractivity contribution is -0.153. The summed E-state index contributed by atoms with van der Waals surface area (Å²) >= 11 is 0. The van der Waals surface area contributed by atoms with Gasteiger partial charge in [-0.1, -0.05) is 67.2 Å². The lowest BCUT2D eigenvalue weighted by atomic mass is 9.72. The maximum atomic E-state index is 5.92. The minimum absolute atomic E-state index is 0.0720. The van der Waals surface area contributed by atoms with Crippen LogP contribution < -0.4 is 0 Å². The molecule has 0 aromatic carbocycles. The van der Waals surface area contributed by atoms with Gasteiger partial charge in [0.15, 0.2) is 6.29 Å². The monoisotopic (exact) mass is 494 g/mol. The predicted molar refractivity (Wildman–Crippen MR) is 155 cm³/mol. The molecule has 0 aromatic rings. The normalized spacial score (nSPS) is 18.3. The third-order valence-electron chi connectivity index (χ3n) is 6.44. The van der Waals surface area contributed by atoms with Crippen molar-refractivity contribution in [2.24, 2.45) is 5.41 Å². The molecule has 0 aliphatic heterocycles. The smallest absolute Gasteiger partial charge is 0.160 e. The van der Waals surface area contributed by atoms with E-state index in [0.29, 0.717) is 26.2 Å². The van der Waals surface area contributed by atoms with E-state index in [-0.39, 0.29) is 17.8 Å². The van der Waals surface area contributed by atoms with Gasteiger partial charge in [0.2, 0.25) is 0 Å². The largest absolute Gasteiger partial charge is 0.374 e. The van der Waals surface area contributed by atoms with Gasteiger partial charge in [-0.3, -0.25) is 0 Å². The van der Waals surface area contributed by atoms with Crippen LogP contribution in [0.4, 0.5) is 0 Å². The third kappa shape index (κ3) is 12.2. The van der Waals surface area contributed by atoms with E-state index in [9.17, 15) is 0 Å². The van der Waals surface area contributed by atoms with E-state index < -0.39 is 0 Å². The molecule has 200 valence electrons. The zero-order valence-electron chi connectivity index (χ0n) is 24.4. The molecule has 0 aromatic heterocycles. The van der Waals surface area contributed by atoms with Crippen LogP contribution in [0.3, 0.4) is 0 Å². The Kier molecular flexibility index (Phi) is 15.4. The molecule has 0 N–H and O–H groups in total. The quantitative estimate of drug-likeness (QED) is 0.146. The Morgan fingerprint density at radius 3 is 2.17 bits per heavy atom. The Labute approximate surface area is 222 Å². The van der Waals surface area contributed by atoms with Gasteiger partial charge in [-0.15, -0.1) is 0 Å². The fourth-order valence-corrected chi connectivity index (χ4v) is 4.40. The third-order valence-corrected chi connectivity index (χ3v) is 6.44. The van der Waals surface area contributed by atoms with Crippen LogP contribution in [0.5, 0.6) is 0 Å². The summed E-state index contributed by atoms with van der Waals surface area (Å²) < 4.78 is 17.3. The van der Waals surface area contributed by atoms with Crippen molar-refractivity contribution >= 4 is 0 Å². The van der Waals surface area contributed by atoms with Crippen LogP contribution in [0.25, 0.3) is 0 Å². The standard InChI is InChI=1S/C33H50O3/c1-10-34-31(25-32(35-11-2)36-12-3)29(7)20-14-13-17-26(4)18-15-19-27(5)22-23-30-28(6)21-16-24-33(30,8)9/h15,17-20,22-23,31-32H,10-12,16,21,24-25H2,1-9H3. The van der Waals surface area contributed by atoms with Gasteiger partial charge in [0.1, 0.15) is 0 Å². The maximum absolute atomic E-state index is 5.92. The van der Waals surface area contributed by atoms with Gasteiger partial charge in [-0.05, 0) is 102 Å². The number of rotatable bonds is 13. The van der Waals surface area contributed by atoms with Crippen molar-refractivity contribution in [1.82, 2.24) is 0 Å². The van der Waals surface area contributed by atoms with Crippen LogP contribution in [0.1, 0.15) is 88.0 Å². The Morgan fingerprint density at radius 2 is 1.56 bits per heavy atom. The molecule has 1 aliphatic carbocycles. The Bertz CT molecular complexity index is 906. The first-order chi connectivity index (χ1) is 17.1. The van der Waals surface area contributed by atoms with Gasteiger partial charge < -0.3 is 14.2 Å². The molecule has 0 bridgehead atoms. The van der Waals surface area contributed by atoms with Crippen molar-refractivity contribution < 1.29 is 14.2 Å². The highest BCUT2D eigenvalue weighted by Gasteiger charge is 2.26. The van der Waals surface area contributed by atoms with Gasteiger partial charge >= 0.3 is 0 Å². The van der Waals surface area contributed by atoms with E-state index >= 15 is 0 Å². The van der Waals surface area contributed by atoms with E-state index in [4.69, 9.17) is 14.2 Å². The van der Waals surface area contributed by atoms with Crippen LogP contribution in [0.2, 0.25) is 0 Å². The van der Waals surface area contributed by atoms with Crippen molar-refractivity contribution in [1.29, 1.82) is 0 Å². The Hall–Kier alpha value is -2.12.